The van der Waals surface area contributed by atoms with Gasteiger partial charge in [-0.15, -0.1) is 0 Å². The predicted octanol–water partition coefficient (Wildman–Crippen LogP) is 0.693. The molecule has 0 saturated carbocycles. The summed E-state index contributed by atoms with van der Waals surface area (Å²) in [6.07, 6.45) is 1.33. The van der Waals surface area contributed by atoms with Crippen molar-refractivity contribution in [1.29, 1.82) is 0 Å². The third-order valence-corrected chi connectivity index (χ3v) is 4.03. The molecule has 118 valence electrons. The molecule has 2 rings (SSSR count). The molecule has 0 bridgehead atoms. The molecule has 1 saturated heterocycles. The van der Waals surface area contributed by atoms with Crippen molar-refractivity contribution in [2.24, 2.45) is 0 Å². The van der Waals surface area contributed by atoms with Gasteiger partial charge in [-0.25, -0.2) is 0 Å². The van der Waals surface area contributed by atoms with Gasteiger partial charge in [0.1, 0.15) is 0 Å². The highest BCUT2D eigenvalue weighted by atomic mass is 16.5. The first-order chi connectivity index (χ1) is 10.1. The molecule has 0 aliphatic carbocycles. The van der Waals surface area contributed by atoms with Crippen molar-refractivity contribution >= 4 is 5.91 Å². The average Bonchev–Trinajstić information content (AvgIpc) is 2.72. The number of hydrogen-bond acceptors (Lipinski definition) is 4. The number of aryl methyl sites for hydroxylation is 2. The van der Waals surface area contributed by atoms with Gasteiger partial charge in [0.2, 0.25) is 5.91 Å². The Bertz CT molecular complexity index is 478. The SMILES string of the molecule is Cc1nn(CCCNC(=O)C[C@H]2CNCCO2)c(C)c1C. The van der Waals surface area contributed by atoms with Gasteiger partial charge in [0.15, 0.2) is 0 Å². The number of carbonyl (C=O) groups is 1. The van der Waals surface area contributed by atoms with Gasteiger partial charge in [-0.2, -0.15) is 5.10 Å². The Hall–Kier alpha value is -1.40. The van der Waals surface area contributed by atoms with Gasteiger partial charge >= 0.3 is 0 Å². The van der Waals surface area contributed by atoms with E-state index in [4.69, 9.17) is 4.74 Å². The van der Waals surface area contributed by atoms with Crippen LogP contribution in [0.15, 0.2) is 0 Å². The van der Waals surface area contributed by atoms with E-state index in [-0.39, 0.29) is 12.0 Å². The topological polar surface area (TPSA) is 68.2 Å². The molecule has 2 heterocycles. The van der Waals surface area contributed by atoms with Crippen molar-refractivity contribution in [3.05, 3.63) is 17.0 Å². The highest BCUT2D eigenvalue weighted by molar-refractivity contribution is 5.76. The smallest absolute Gasteiger partial charge is 0.222 e. The van der Waals surface area contributed by atoms with E-state index in [1.54, 1.807) is 0 Å². The minimum atomic E-state index is 0.0115. The molecular weight excluding hydrogens is 268 g/mol. The minimum absolute atomic E-state index is 0.0115. The Kier molecular flexibility index (Phi) is 5.76. The highest BCUT2D eigenvalue weighted by Crippen LogP contribution is 2.11. The lowest BCUT2D eigenvalue weighted by Gasteiger charge is -2.23. The van der Waals surface area contributed by atoms with E-state index in [0.717, 1.165) is 31.7 Å². The van der Waals surface area contributed by atoms with Crippen LogP contribution in [0.25, 0.3) is 0 Å². The van der Waals surface area contributed by atoms with Crippen LogP contribution in [0.2, 0.25) is 0 Å². The molecule has 0 aromatic carbocycles. The lowest BCUT2D eigenvalue weighted by molar-refractivity contribution is -0.124. The summed E-state index contributed by atoms with van der Waals surface area (Å²) in [4.78, 5) is 11.8. The van der Waals surface area contributed by atoms with Gasteiger partial charge in [-0.1, -0.05) is 0 Å². The highest BCUT2D eigenvalue weighted by Gasteiger charge is 2.16. The number of nitrogens with one attached hydrogen (secondary N) is 2. The van der Waals surface area contributed by atoms with E-state index in [1.807, 2.05) is 11.6 Å². The molecule has 1 aliphatic heterocycles. The maximum atomic E-state index is 11.8. The first kappa shape index (κ1) is 16.0. The molecule has 2 N–H and O–H groups in total. The first-order valence-electron chi connectivity index (χ1n) is 7.67. The molecule has 1 amide bonds. The standard InChI is InChI=1S/C15H26N4O2/c1-11-12(2)18-19(13(11)3)7-4-5-17-15(20)9-14-10-16-6-8-21-14/h14,16H,4-10H2,1-3H3,(H,17,20)/t14-/m0/s1. The van der Waals surface area contributed by atoms with Crippen LogP contribution in [-0.4, -0.2) is 48.0 Å². The Morgan fingerprint density at radius 2 is 2.29 bits per heavy atom. The Labute approximate surface area is 126 Å². The molecule has 0 radical (unpaired) electrons. The molecule has 1 fully saturated rings. The quantitative estimate of drug-likeness (QED) is 0.758. The van der Waals surface area contributed by atoms with E-state index in [1.165, 1.54) is 11.3 Å². The van der Waals surface area contributed by atoms with Crippen molar-refractivity contribution in [1.82, 2.24) is 20.4 Å². The molecule has 0 spiro atoms. The van der Waals surface area contributed by atoms with Crippen molar-refractivity contribution in [3.63, 3.8) is 0 Å². The predicted molar refractivity (Wildman–Crippen MR) is 81.3 cm³/mol. The van der Waals surface area contributed by atoms with Gasteiger partial charge in [0.05, 0.1) is 24.8 Å². The summed E-state index contributed by atoms with van der Waals surface area (Å²) < 4.78 is 7.54. The number of ether oxygens (including phenoxy) is 1. The van der Waals surface area contributed by atoms with Gasteiger partial charge in [-0.05, 0) is 32.8 Å². The fraction of sp³-hybridized carbons (Fsp3) is 0.733. The summed E-state index contributed by atoms with van der Waals surface area (Å²) in [5.74, 6) is 0.0632. The summed E-state index contributed by atoms with van der Waals surface area (Å²) in [6.45, 7) is 10.0. The van der Waals surface area contributed by atoms with E-state index >= 15 is 0 Å². The summed E-state index contributed by atoms with van der Waals surface area (Å²) >= 11 is 0. The van der Waals surface area contributed by atoms with Crippen LogP contribution < -0.4 is 10.6 Å². The number of carbonyl (C=O) groups excluding carboxylic acids is 1. The normalized spacial score (nSPS) is 18.7. The average molecular weight is 294 g/mol. The third-order valence-electron chi connectivity index (χ3n) is 4.03. The number of morpholine rings is 1. The fourth-order valence-electron chi connectivity index (χ4n) is 2.49. The zero-order chi connectivity index (χ0) is 15.2. The molecule has 1 aromatic rings. The second kappa shape index (κ2) is 7.56. The van der Waals surface area contributed by atoms with Crippen LogP contribution in [0.1, 0.15) is 29.8 Å². The zero-order valence-corrected chi connectivity index (χ0v) is 13.2. The van der Waals surface area contributed by atoms with Gasteiger partial charge in [0, 0.05) is 31.9 Å². The summed E-state index contributed by atoms with van der Waals surface area (Å²) in [6, 6.07) is 0. The molecule has 6 heteroatoms. The van der Waals surface area contributed by atoms with E-state index in [0.29, 0.717) is 19.6 Å². The van der Waals surface area contributed by atoms with Crippen molar-refractivity contribution < 1.29 is 9.53 Å². The van der Waals surface area contributed by atoms with E-state index < -0.39 is 0 Å². The molecule has 21 heavy (non-hydrogen) atoms. The molecule has 1 atom stereocenters. The molecule has 1 aliphatic rings. The van der Waals surface area contributed by atoms with Crippen LogP contribution in [0.4, 0.5) is 0 Å². The van der Waals surface area contributed by atoms with Crippen molar-refractivity contribution in [2.75, 3.05) is 26.2 Å². The number of rotatable bonds is 6. The lowest BCUT2D eigenvalue weighted by atomic mass is 10.2. The Balaban J connectivity index is 1.64. The Morgan fingerprint density at radius 3 is 2.90 bits per heavy atom. The lowest BCUT2D eigenvalue weighted by Crippen LogP contribution is -2.41. The number of nitrogens with zero attached hydrogens (tertiary/aromatic N) is 2. The number of hydrogen-bond donors (Lipinski definition) is 2. The maximum Gasteiger partial charge on any atom is 0.222 e. The minimum Gasteiger partial charge on any atom is -0.375 e. The van der Waals surface area contributed by atoms with Crippen molar-refractivity contribution in [2.45, 2.75) is 46.3 Å². The van der Waals surface area contributed by atoms with Crippen LogP contribution in [0.5, 0.6) is 0 Å². The molecular formula is C15H26N4O2. The van der Waals surface area contributed by atoms with Crippen LogP contribution >= 0.6 is 0 Å². The summed E-state index contributed by atoms with van der Waals surface area (Å²) in [5.41, 5.74) is 3.54. The summed E-state index contributed by atoms with van der Waals surface area (Å²) in [5, 5.41) is 10.7. The monoisotopic (exact) mass is 294 g/mol. The van der Waals surface area contributed by atoms with Crippen LogP contribution in [0, 0.1) is 20.8 Å². The third kappa shape index (κ3) is 4.54. The van der Waals surface area contributed by atoms with E-state index in [9.17, 15) is 4.79 Å². The number of aromatic nitrogens is 2. The first-order valence-corrected chi connectivity index (χ1v) is 7.67. The largest absolute Gasteiger partial charge is 0.375 e. The van der Waals surface area contributed by atoms with Gasteiger partial charge < -0.3 is 15.4 Å². The molecule has 6 nitrogen and oxygen atoms in total. The fourth-order valence-corrected chi connectivity index (χ4v) is 2.49. The second-order valence-electron chi connectivity index (χ2n) is 5.62. The van der Waals surface area contributed by atoms with E-state index in [2.05, 4.69) is 29.6 Å². The van der Waals surface area contributed by atoms with Gasteiger partial charge in [0.25, 0.3) is 0 Å². The van der Waals surface area contributed by atoms with Gasteiger partial charge in [-0.3, -0.25) is 9.48 Å². The molecule has 1 aromatic heterocycles. The van der Waals surface area contributed by atoms with Crippen LogP contribution in [0.3, 0.4) is 0 Å². The maximum absolute atomic E-state index is 11.8. The number of amides is 1. The van der Waals surface area contributed by atoms with Crippen LogP contribution in [-0.2, 0) is 16.1 Å². The molecule has 0 unspecified atom stereocenters. The zero-order valence-electron chi connectivity index (χ0n) is 13.2. The summed E-state index contributed by atoms with van der Waals surface area (Å²) in [7, 11) is 0. The Morgan fingerprint density at radius 1 is 1.48 bits per heavy atom. The van der Waals surface area contributed by atoms with Crippen molar-refractivity contribution in [3.8, 4) is 0 Å². The second-order valence-corrected chi connectivity index (χ2v) is 5.62.